The van der Waals surface area contributed by atoms with Gasteiger partial charge in [0.2, 0.25) is 0 Å². The second kappa shape index (κ2) is 5.52. The highest BCUT2D eigenvalue weighted by atomic mass is 35.5. The lowest BCUT2D eigenvalue weighted by Gasteiger charge is -2.12. The number of rotatable bonds is 3. The first-order valence-electron chi connectivity index (χ1n) is 5.64. The molecule has 2 rings (SSSR count). The van der Waals surface area contributed by atoms with Gasteiger partial charge in [-0.25, -0.2) is 8.42 Å². The van der Waals surface area contributed by atoms with Crippen molar-refractivity contribution in [2.75, 3.05) is 10.5 Å². The molecule has 7 heteroatoms. The van der Waals surface area contributed by atoms with Crippen molar-refractivity contribution in [3.63, 3.8) is 0 Å². The summed E-state index contributed by atoms with van der Waals surface area (Å²) in [5, 5.41) is 0.426. The second-order valence-corrected chi connectivity index (χ2v) is 6.67. The van der Waals surface area contributed by atoms with Crippen molar-refractivity contribution >= 4 is 44.6 Å². The lowest BCUT2D eigenvalue weighted by molar-refractivity contribution is 0.600. The molecule has 0 aliphatic rings. The average Bonchev–Trinajstić information content (AvgIpc) is 2.37. The van der Waals surface area contributed by atoms with Gasteiger partial charge in [-0.2, -0.15) is 0 Å². The van der Waals surface area contributed by atoms with E-state index in [2.05, 4.69) is 4.72 Å². The minimum Gasteiger partial charge on any atom is -0.399 e. The molecule has 0 saturated heterocycles. The molecule has 3 N–H and O–H groups in total. The van der Waals surface area contributed by atoms with E-state index in [9.17, 15) is 8.42 Å². The molecular formula is C13H12Cl2N2O2S. The fourth-order valence-electron chi connectivity index (χ4n) is 1.69. The molecule has 0 saturated carbocycles. The van der Waals surface area contributed by atoms with Crippen molar-refractivity contribution in [2.45, 2.75) is 11.8 Å². The minimum absolute atomic E-state index is 0.105. The number of hydrogen-bond acceptors (Lipinski definition) is 3. The van der Waals surface area contributed by atoms with Gasteiger partial charge in [0.05, 0.1) is 20.6 Å². The van der Waals surface area contributed by atoms with E-state index in [0.29, 0.717) is 11.3 Å². The van der Waals surface area contributed by atoms with Crippen LogP contribution < -0.4 is 10.5 Å². The van der Waals surface area contributed by atoms with Crippen molar-refractivity contribution in [3.05, 3.63) is 52.0 Å². The summed E-state index contributed by atoms with van der Waals surface area (Å²) >= 11 is 11.8. The molecule has 0 fully saturated rings. The maximum absolute atomic E-state index is 12.4. The van der Waals surface area contributed by atoms with Gasteiger partial charge in [0.1, 0.15) is 0 Å². The summed E-state index contributed by atoms with van der Waals surface area (Å²) in [5.41, 5.74) is 6.81. The molecule has 2 aromatic carbocycles. The third-order valence-corrected chi connectivity index (χ3v) is 5.02. The Kier molecular flexibility index (Phi) is 4.13. The van der Waals surface area contributed by atoms with E-state index in [1.807, 2.05) is 0 Å². The molecule has 20 heavy (non-hydrogen) atoms. The molecule has 0 unspecified atom stereocenters. The topological polar surface area (TPSA) is 72.2 Å². The lowest BCUT2D eigenvalue weighted by atomic mass is 10.2. The minimum atomic E-state index is -3.78. The summed E-state index contributed by atoms with van der Waals surface area (Å²) < 4.78 is 27.2. The number of halogens is 2. The predicted molar refractivity (Wildman–Crippen MR) is 82.9 cm³/mol. The summed E-state index contributed by atoms with van der Waals surface area (Å²) in [7, 11) is -3.78. The number of nitrogens with one attached hydrogen (secondary N) is 1. The fourth-order valence-corrected chi connectivity index (χ4v) is 3.45. The second-order valence-electron chi connectivity index (χ2n) is 4.23. The highest BCUT2D eigenvalue weighted by molar-refractivity contribution is 7.92. The first kappa shape index (κ1) is 15.0. The van der Waals surface area contributed by atoms with Gasteiger partial charge < -0.3 is 5.73 Å². The predicted octanol–water partition coefficient (Wildman–Crippen LogP) is 3.68. The van der Waals surface area contributed by atoms with Crippen molar-refractivity contribution in [1.29, 1.82) is 0 Å². The number of anilines is 2. The maximum Gasteiger partial charge on any atom is 0.262 e. The van der Waals surface area contributed by atoms with E-state index < -0.39 is 10.0 Å². The van der Waals surface area contributed by atoms with Crippen molar-refractivity contribution in [2.24, 2.45) is 0 Å². The zero-order valence-electron chi connectivity index (χ0n) is 10.5. The van der Waals surface area contributed by atoms with E-state index in [1.54, 1.807) is 31.2 Å². The molecule has 106 valence electrons. The molecule has 0 heterocycles. The van der Waals surface area contributed by atoms with Crippen LogP contribution in [0.3, 0.4) is 0 Å². The third-order valence-electron chi connectivity index (χ3n) is 2.70. The van der Waals surface area contributed by atoms with Gasteiger partial charge in [0, 0.05) is 5.69 Å². The Bertz CT molecular complexity index is 761. The van der Waals surface area contributed by atoms with Gasteiger partial charge in [-0.3, -0.25) is 4.72 Å². The smallest absolute Gasteiger partial charge is 0.262 e. The summed E-state index contributed by atoms with van der Waals surface area (Å²) in [6.07, 6.45) is 0. The molecule has 0 amide bonds. The van der Waals surface area contributed by atoms with Crippen LogP contribution in [-0.4, -0.2) is 8.42 Å². The molecule has 2 aromatic rings. The standard InChI is InChI=1S/C13H12Cl2N2O2S/c1-8-5-6-9(16)7-12(8)20(18,19)17-11-4-2-3-10(14)13(11)15/h2-7,17H,16H2,1H3. The Morgan fingerprint density at radius 2 is 1.85 bits per heavy atom. The number of benzene rings is 2. The summed E-state index contributed by atoms with van der Waals surface area (Å²) in [6, 6.07) is 9.40. The Labute approximate surface area is 127 Å². The first-order chi connectivity index (χ1) is 9.31. The summed E-state index contributed by atoms with van der Waals surface area (Å²) in [4.78, 5) is 0.105. The van der Waals surface area contributed by atoms with Crippen LogP contribution in [0.15, 0.2) is 41.3 Å². The van der Waals surface area contributed by atoms with Gasteiger partial charge >= 0.3 is 0 Å². The van der Waals surface area contributed by atoms with Crippen molar-refractivity contribution < 1.29 is 8.42 Å². The van der Waals surface area contributed by atoms with Crippen LogP contribution in [0, 0.1) is 6.92 Å². The van der Waals surface area contributed by atoms with E-state index >= 15 is 0 Å². The molecule has 0 aromatic heterocycles. The van der Waals surface area contributed by atoms with Crippen molar-refractivity contribution in [3.8, 4) is 0 Å². The number of sulfonamides is 1. The Morgan fingerprint density at radius 1 is 1.15 bits per heavy atom. The molecule has 0 aliphatic carbocycles. The number of nitrogen functional groups attached to an aromatic ring is 1. The molecule has 4 nitrogen and oxygen atoms in total. The lowest BCUT2D eigenvalue weighted by Crippen LogP contribution is -2.15. The van der Waals surface area contributed by atoms with E-state index in [1.165, 1.54) is 12.1 Å². The number of aryl methyl sites for hydroxylation is 1. The van der Waals surface area contributed by atoms with E-state index in [0.717, 1.165) is 0 Å². The van der Waals surface area contributed by atoms with Gasteiger partial charge in [-0.05, 0) is 36.8 Å². The Balaban J connectivity index is 2.46. The monoisotopic (exact) mass is 330 g/mol. The molecule has 0 bridgehead atoms. The van der Waals surface area contributed by atoms with Crippen LogP contribution in [0.5, 0.6) is 0 Å². The third kappa shape index (κ3) is 3.00. The summed E-state index contributed by atoms with van der Waals surface area (Å²) in [6.45, 7) is 1.69. The maximum atomic E-state index is 12.4. The Hall–Kier alpha value is -1.43. The molecule has 0 spiro atoms. The molecule has 0 atom stereocenters. The fraction of sp³-hybridized carbons (Fsp3) is 0.0769. The van der Waals surface area contributed by atoms with Gasteiger partial charge in [-0.15, -0.1) is 0 Å². The van der Waals surface area contributed by atoms with Gasteiger partial charge in [0.15, 0.2) is 0 Å². The summed E-state index contributed by atoms with van der Waals surface area (Å²) in [5.74, 6) is 0. The van der Waals surface area contributed by atoms with Crippen LogP contribution >= 0.6 is 23.2 Å². The quantitative estimate of drug-likeness (QED) is 0.843. The molecule has 0 aliphatic heterocycles. The van der Waals surface area contributed by atoms with Crippen molar-refractivity contribution in [1.82, 2.24) is 0 Å². The van der Waals surface area contributed by atoms with Crippen LogP contribution in [0.4, 0.5) is 11.4 Å². The largest absolute Gasteiger partial charge is 0.399 e. The number of hydrogen-bond donors (Lipinski definition) is 2. The van der Waals surface area contributed by atoms with E-state index in [-0.39, 0.29) is 20.6 Å². The zero-order valence-corrected chi connectivity index (χ0v) is 12.9. The van der Waals surface area contributed by atoms with Crippen LogP contribution in [0.25, 0.3) is 0 Å². The zero-order chi connectivity index (χ0) is 14.9. The average molecular weight is 331 g/mol. The highest BCUT2D eigenvalue weighted by Crippen LogP contribution is 2.31. The van der Waals surface area contributed by atoms with Crippen LogP contribution in [0.2, 0.25) is 10.0 Å². The normalized spacial score (nSPS) is 11.3. The first-order valence-corrected chi connectivity index (χ1v) is 7.88. The Morgan fingerprint density at radius 3 is 2.55 bits per heavy atom. The molecular weight excluding hydrogens is 319 g/mol. The number of nitrogens with two attached hydrogens (primary N) is 1. The van der Waals surface area contributed by atoms with Gasteiger partial charge in [0.25, 0.3) is 10.0 Å². The SMILES string of the molecule is Cc1ccc(N)cc1S(=O)(=O)Nc1cccc(Cl)c1Cl. The van der Waals surface area contributed by atoms with Crippen LogP contribution in [-0.2, 0) is 10.0 Å². The molecule has 0 radical (unpaired) electrons. The van der Waals surface area contributed by atoms with Gasteiger partial charge in [-0.1, -0.05) is 35.3 Å². The van der Waals surface area contributed by atoms with Crippen LogP contribution in [0.1, 0.15) is 5.56 Å². The van der Waals surface area contributed by atoms with E-state index in [4.69, 9.17) is 28.9 Å². The highest BCUT2D eigenvalue weighted by Gasteiger charge is 2.19.